The Balaban J connectivity index is 2.35. The quantitative estimate of drug-likeness (QED) is 0.829. The number of benzene rings is 1. The number of halogens is 1. The number of hydrogen-bond donors (Lipinski definition) is 1. The fraction of sp³-hybridized carbons (Fsp3) is 0.538. The first-order valence-electron chi connectivity index (χ1n) is 6.42. The number of hydrogen-bond acceptors (Lipinski definition) is 5. The highest BCUT2D eigenvalue weighted by Gasteiger charge is 2.40. The van der Waals surface area contributed by atoms with Crippen molar-refractivity contribution >= 4 is 15.7 Å². The van der Waals surface area contributed by atoms with Gasteiger partial charge in [-0.05, 0) is 19.1 Å². The maximum atomic E-state index is 13.7. The first-order valence-corrected chi connectivity index (χ1v) is 7.86. The predicted molar refractivity (Wildman–Crippen MR) is 75.9 cm³/mol. The molecule has 1 aromatic carbocycles. The monoisotopic (exact) mass is 318 g/mol. The Morgan fingerprint density at radius 1 is 1.24 bits per heavy atom. The van der Waals surface area contributed by atoms with E-state index in [9.17, 15) is 12.8 Å². The third-order valence-corrected chi connectivity index (χ3v) is 5.59. The maximum Gasteiger partial charge on any atom is 0.243 e. The number of sulfonamides is 1. The molecule has 6 nitrogen and oxygen atoms in total. The molecule has 1 aliphatic rings. The molecule has 0 spiro atoms. The maximum absolute atomic E-state index is 13.7. The summed E-state index contributed by atoms with van der Waals surface area (Å²) in [5.41, 5.74) is 6.00. The molecule has 1 fully saturated rings. The Hall–Kier alpha value is -1.22. The van der Waals surface area contributed by atoms with Crippen molar-refractivity contribution in [2.75, 3.05) is 33.0 Å². The first kappa shape index (κ1) is 16.2. The number of nitrogens with two attached hydrogens (primary N) is 1. The Morgan fingerprint density at radius 3 is 2.19 bits per heavy atom. The summed E-state index contributed by atoms with van der Waals surface area (Å²) in [5, 5.41) is 0. The summed E-state index contributed by atoms with van der Waals surface area (Å²) >= 11 is 0. The summed E-state index contributed by atoms with van der Waals surface area (Å²) < 4.78 is 50.5. The van der Waals surface area contributed by atoms with Crippen molar-refractivity contribution in [2.24, 2.45) is 0 Å². The van der Waals surface area contributed by atoms with Gasteiger partial charge in [0.1, 0.15) is 5.82 Å². The van der Waals surface area contributed by atoms with Gasteiger partial charge >= 0.3 is 0 Å². The number of rotatable bonds is 4. The zero-order chi connectivity index (χ0) is 15.8. The van der Waals surface area contributed by atoms with Gasteiger partial charge in [-0.1, -0.05) is 0 Å². The fourth-order valence-electron chi connectivity index (χ4n) is 2.33. The van der Waals surface area contributed by atoms with Crippen LogP contribution in [0.25, 0.3) is 0 Å². The van der Waals surface area contributed by atoms with Crippen LogP contribution in [0.15, 0.2) is 17.0 Å². The van der Waals surface area contributed by atoms with Gasteiger partial charge in [-0.25, -0.2) is 12.8 Å². The van der Waals surface area contributed by atoms with Crippen LogP contribution in [0.4, 0.5) is 10.1 Å². The second-order valence-electron chi connectivity index (χ2n) is 4.99. The van der Waals surface area contributed by atoms with E-state index in [0.29, 0.717) is 0 Å². The van der Waals surface area contributed by atoms with Crippen molar-refractivity contribution in [3.8, 4) is 0 Å². The van der Waals surface area contributed by atoms with Gasteiger partial charge in [-0.3, -0.25) is 0 Å². The number of nitrogens with zero attached hydrogens (tertiary/aromatic N) is 1. The molecular formula is C13H19FN2O4S. The van der Waals surface area contributed by atoms with E-state index in [4.69, 9.17) is 15.2 Å². The lowest BCUT2D eigenvalue weighted by atomic mass is 10.2. The van der Waals surface area contributed by atoms with Crippen LogP contribution in [-0.2, 0) is 19.5 Å². The standard InChI is InChI=1S/C13H19FN2O4S/c1-8-10(14)4-9(5-11(8)15)21(17,18)16-6-12(19-2)13(7-16)20-3/h4-5,12-13H,6-7,15H2,1-3H3. The Bertz CT molecular complexity index is 600. The molecular weight excluding hydrogens is 299 g/mol. The fourth-order valence-corrected chi connectivity index (χ4v) is 3.84. The van der Waals surface area contributed by atoms with Crippen LogP contribution < -0.4 is 5.73 Å². The molecule has 118 valence electrons. The molecule has 0 saturated carbocycles. The topological polar surface area (TPSA) is 81.9 Å². The second kappa shape index (κ2) is 5.88. The lowest BCUT2D eigenvalue weighted by Crippen LogP contribution is -2.30. The molecule has 2 N–H and O–H groups in total. The third kappa shape index (κ3) is 2.89. The Morgan fingerprint density at radius 2 is 1.76 bits per heavy atom. The van der Waals surface area contributed by atoms with Crippen LogP contribution >= 0.6 is 0 Å². The normalized spacial score (nSPS) is 23.6. The highest BCUT2D eigenvalue weighted by molar-refractivity contribution is 7.89. The molecule has 8 heteroatoms. The number of methoxy groups -OCH3 is 2. The molecule has 1 aromatic rings. The molecule has 21 heavy (non-hydrogen) atoms. The minimum atomic E-state index is -3.83. The van der Waals surface area contributed by atoms with Crippen molar-refractivity contribution in [1.29, 1.82) is 0 Å². The van der Waals surface area contributed by atoms with E-state index in [2.05, 4.69) is 0 Å². The van der Waals surface area contributed by atoms with Gasteiger partial charge < -0.3 is 15.2 Å². The van der Waals surface area contributed by atoms with Gasteiger partial charge in [-0.15, -0.1) is 0 Å². The molecule has 1 aliphatic heterocycles. The zero-order valence-corrected chi connectivity index (χ0v) is 13.0. The highest BCUT2D eigenvalue weighted by atomic mass is 32.2. The third-order valence-electron chi connectivity index (χ3n) is 3.78. The Kier molecular flexibility index (Phi) is 4.52. The van der Waals surface area contributed by atoms with Crippen molar-refractivity contribution in [3.63, 3.8) is 0 Å². The predicted octanol–water partition coefficient (Wildman–Crippen LogP) is 0.751. The smallest absolute Gasteiger partial charge is 0.243 e. The van der Waals surface area contributed by atoms with E-state index in [0.717, 1.165) is 6.07 Å². The summed E-state index contributed by atoms with van der Waals surface area (Å²) in [6, 6.07) is 2.26. The van der Waals surface area contributed by atoms with E-state index in [1.807, 2.05) is 0 Å². The van der Waals surface area contributed by atoms with Gasteiger partial charge in [-0.2, -0.15) is 4.31 Å². The molecule has 0 radical (unpaired) electrons. The van der Waals surface area contributed by atoms with E-state index >= 15 is 0 Å². The molecule has 1 heterocycles. The van der Waals surface area contributed by atoms with Crippen LogP contribution in [0.2, 0.25) is 0 Å². The SMILES string of the molecule is COC1CN(S(=O)(=O)c2cc(N)c(C)c(F)c2)CC1OC. The molecule has 0 aliphatic carbocycles. The summed E-state index contributed by atoms with van der Waals surface area (Å²) in [7, 11) is -0.840. The molecule has 0 amide bonds. The molecule has 2 rings (SSSR count). The average molecular weight is 318 g/mol. The van der Waals surface area contributed by atoms with Crippen LogP contribution in [0.1, 0.15) is 5.56 Å². The van der Waals surface area contributed by atoms with E-state index in [1.54, 1.807) is 0 Å². The molecule has 2 unspecified atom stereocenters. The van der Waals surface area contributed by atoms with E-state index < -0.39 is 15.8 Å². The molecule has 2 atom stereocenters. The summed E-state index contributed by atoms with van der Waals surface area (Å²) in [6.45, 7) is 1.82. The van der Waals surface area contributed by atoms with Gasteiger partial charge in [0.25, 0.3) is 0 Å². The van der Waals surface area contributed by atoms with Crippen molar-refractivity contribution in [2.45, 2.75) is 24.0 Å². The number of ether oxygens (including phenoxy) is 2. The van der Waals surface area contributed by atoms with E-state index in [1.165, 1.54) is 31.5 Å². The average Bonchev–Trinajstić information content (AvgIpc) is 2.88. The van der Waals surface area contributed by atoms with Crippen LogP contribution in [0.5, 0.6) is 0 Å². The van der Waals surface area contributed by atoms with E-state index in [-0.39, 0.29) is 41.4 Å². The summed E-state index contributed by atoms with van der Waals surface area (Å²) in [5.74, 6) is -0.639. The number of nitrogen functional groups attached to an aromatic ring is 1. The first-order chi connectivity index (χ1) is 9.81. The summed E-state index contributed by atoms with van der Waals surface area (Å²) in [4.78, 5) is -0.158. The minimum absolute atomic E-state index is 0.111. The Labute approximate surface area is 123 Å². The largest absolute Gasteiger partial charge is 0.398 e. The highest BCUT2D eigenvalue weighted by Crippen LogP contribution is 2.27. The van der Waals surface area contributed by atoms with Crippen LogP contribution in [0, 0.1) is 12.7 Å². The van der Waals surface area contributed by atoms with Crippen molar-refractivity contribution < 1.29 is 22.3 Å². The zero-order valence-electron chi connectivity index (χ0n) is 12.2. The van der Waals surface area contributed by atoms with Crippen LogP contribution in [0.3, 0.4) is 0 Å². The van der Waals surface area contributed by atoms with Gasteiger partial charge in [0.05, 0.1) is 17.1 Å². The minimum Gasteiger partial charge on any atom is -0.398 e. The van der Waals surface area contributed by atoms with Crippen LogP contribution in [-0.4, -0.2) is 52.2 Å². The lowest BCUT2D eigenvalue weighted by Gasteiger charge is -2.17. The molecule has 1 saturated heterocycles. The molecule has 0 bridgehead atoms. The van der Waals surface area contributed by atoms with Gasteiger partial charge in [0.15, 0.2) is 0 Å². The summed E-state index contributed by atoms with van der Waals surface area (Å²) in [6.07, 6.45) is -0.699. The number of anilines is 1. The molecule has 0 aromatic heterocycles. The second-order valence-corrected chi connectivity index (χ2v) is 6.93. The van der Waals surface area contributed by atoms with Crippen molar-refractivity contribution in [1.82, 2.24) is 4.31 Å². The van der Waals surface area contributed by atoms with Gasteiger partial charge in [0.2, 0.25) is 10.0 Å². The van der Waals surface area contributed by atoms with Gasteiger partial charge in [0, 0.05) is 38.6 Å². The van der Waals surface area contributed by atoms with Crippen molar-refractivity contribution in [3.05, 3.63) is 23.5 Å². The lowest BCUT2D eigenvalue weighted by molar-refractivity contribution is -0.00461.